The molecule has 0 bridgehead atoms. The molecular formula is C13H19FO. The Kier molecular flexibility index (Phi) is 4.28. The highest BCUT2D eigenvalue weighted by Crippen LogP contribution is 2.22. The normalized spacial score (nSPS) is 14.9. The molecule has 0 saturated heterocycles. The van der Waals surface area contributed by atoms with Crippen LogP contribution in [0.15, 0.2) is 24.3 Å². The predicted octanol–water partition coefficient (Wildman–Crippen LogP) is 3.31. The van der Waals surface area contributed by atoms with E-state index in [1.54, 1.807) is 6.07 Å². The van der Waals surface area contributed by atoms with Gasteiger partial charge in [-0.05, 0) is 30.5 Å². The second-order valence-corrected chi connectivity index (χ2v) is 4.13. The zero-order chi connectivity index (χ0) is 11.3. The fraction of sp³-hybridized carbons (Fsp3) is 0.538. The molecule has 0 aromatic heterocycles. The minimum atomic E-state index is -0.678. The Hall–Kier alpha value is -0.890. The molecule has 0 radical (unpaired) electrons. The smallest absolute Gasteiger partial charge is 0.123 e. The summed E-state index contributed by atoms with van der Waals surface area (Å²) in [7, 11) is 0. The van der Waals surface area contributed by atoms with Crippen LogP contribution in [-0.4, -0.2) is 10.7 Å². The van der Waals surface area contributed by atoms with E-state index in [4.69, 9.17) is 0 Å². The van der Waals surface area contributed by atoms with Crippen molar-refractivity contribution in [2.45, 2.75) is 45.1 Å². The first-order valence-corrected chi connectivity index (χ1v) is 5.56. The summed E-state index contributed by atoms with van der Waals surface area (Å²) in [6, 6.07) is 6.47. The number of rotatable bonds is 5. The van der Waals surface area contributed by atoms with Crippen LogP contribution < -0.4 is 0 Å². The van der Waals surface area contributed by atoms with Crippen molar-refractivity contribution in [3.05, 3.63) is 35.6 Å². The highest BCUT2D eigenvalue weighted by atomic mass is 19.1. The largest absolute Gasteiger partial charge is 0.390 e. The zero-order valence-corrected chi connectivity index (χ0v) is 9.46. The Bertz CT molecular complexity index is 311. The van der Waals surface area contributed by atoms with Gasteiger partial charge in [0.15, 0.2) is 0 Å². The van der Waals surface area contributed by atoms with E-state index in [-0.39, 0.29) is 5.82 Å². The summed E-state index contributed by atoms with van der Waals surface area (Å²) >= 11 is 0. The van der Waals surface area contributed by atoms with Crippen molar-refractivity contribution >= 4 is 0 Å². The van der Waals surface area contributed by atoms with Crippen LogP contribution in [0.3, 0.4) is 0 Å². The van der Waals surface area contributed by atoms with E-state index >= 15 is 0 Å². The molecule has 2 heteroatoms. The first-order valence-electron chi connectivity index (χ1n) is 5.56. The maximum absolute atomic E-state index is 13.0. The molecule has 15 heavy (non-hydrogen) atoms. The first-order chi connectivity index (χ1) is 7.09. The number of hydrogen-bond donors (Lipinski definition) is 1. The number of hydrogen-bond acceptors (Lipinski definition) is 1. The molecule has 0 saturated carbocycles. The first kappa shape index (κ1) is 12.2. The van der Waals surface area contributed by atoms with Crippen LogP contribution in [0.2, 0.25) is 0 Å². The molecule has 0 amide bonds. The van der Waals surface area contributed by atoms with E-state index in [1.165, 1.54) is 12.1 Å². The van der Waals surface area contributed by atoms with Gasteiger partial charge < -0.3 is 5.11 Å². The summed E-state index contributed by atoms with van der Waals surface area (Å²) in [5.74, 6) is -0.234. The molecule has 0 aliphatic carbocycles. The molecule has 0 aliphatic rings. The van der Waals surface area contributed by atoms with Gasteiger partial charge in [-0.3, -0.25) is 0 Å². The summed E-state index contributed by atoms with van der Waals surface area (Å²) in [5.41, 5.74) is 0.190. The molecule has 1 N–H and O–H groups in total. The molecule has 1 unspecified atom stereocenters. The van der Waals surface area contributed by atoms with Crippen molar-refractivity contribution in [2.24, 2.45) is 0 Å². The summed E-state index contributed by atoms with van der Waals surface area (Å²) < 4.78 is 13.0. The lowest BCUT2D eigenvalue weighted by Gasteiger charge is -2.26. The van der Waals surface area contributed by atoms with Crippen LogP contribution >= 0.6 is 0 Å². The number of halogens is 1. The molecule has 0 aliphatic heterocycles. The minimum Gasteiger partial charge on any atom is -0.390 e. The van der Waals surface area contributed by atoms with Gasteiger partial charge in [-0.1, -0.05) is 32.4 Å². The van der Waals surface area contributed by atoms with Crippen molar-refractivity contribution in [2.75, 3.05) is 0 Å². The van der Waals surface area contributed by atoms with Gasteiger partial charge in [0, 0.05) is 6.42 Å². The maximum Gasteiger partial charge on any atom is 0.123 e. The number of benzene rings is 1. The van der Waals surface area contributed by atoms with Crippen LogP contribution in [0.25, 0.3) is 0 Å². The van der Waals surface area contributed by atoms with E-state index in [0.29, 0.717) is 12.8 Å². The fourth-order valence-electron chi connectivity index (χ4n) is 1.88. The highest BCUT2D eigenvalue weighted by Gasteiger charge is 2.23. The molecule has 1 aromatic carbocycles. The van der Waals surface area contributed by atoms with Crippen LogP contribution in [0.4, 0.5) is 4.39 Å². The third kappa shape index (κ3) is 3.63. The average molecular weight is 210 g/mol. The van der Waals surface area contributed by atoms with Crippen molar-refractivity contribution in [1.82, 2.24) is 0 Å². The molecule has 1 atom stereocenters. The molecule has 0 heterocycles. The fourth-order valence-corrected chi connectivity index (χ4v) is 1.88. The Morgan fingerprint density at radius 1 is 1.33 bits per heavy atom. The van der Waals surface area contributed by atoms with Gasteiger partial charge in [-0.25, -0.2) is 4.39 Å². The van der Waals surface area contributed by atoms with Crippen LogP contribution in [0.5, 0.6) is 0 Å². The average Bonchev–Trinajstić information content (AvgIpc) is 2.18. The third-order valence-electron chi connectivity index (χ3n) is 2.80. The molecule has 0 fully saturated rings. The molecule has 84 valence electrons. The summed E-state index contributed by atoms with van der Waals surface area (Å²) in [6.07, 6.45) is 2.95. The second kappa shape index (κ2) is 5.26. The SMILES string of the molecule is CCCC(O)(CC)Cc1cccc(F)c1. The molecule has 1 rings (SSSR count). The van der Waals surface area contributed by atoms with Gasteiger partial charge in [0.05, 0.1) is 5.60 Å². The molecule has 1 nitrogen and oxygen atoms in total. The minimum absolute atomic E-state index is 0.234. The van der Waals surface area contributed by atoms with Gasteiger partial charge in [0.25, 0.3) is 0 Å². The highest BCUT2D eigenvalue weighted by molar-refractivity contribution is 5.18. The third-order valence-corrected chi connectivity index (χ3v) is 2.80. The van der Waals surface area contributed by atoms with Gasteiger partial charge in [-0.2, -0.15) is 0 Å². The molecular weight excluding hydrogens is 191 g/mol. The van der Waals surface area contributed by atoms with Gasteiger partial charge in [0.1, 0.15) is 5.82 Å². The maximum atomic E-state index is 13.0. The summed E-state index contributed by atoms with van der Waals surface area (Å²) in [6.45, 7) is 4.02. The van der Waals surface area contributed by atoms with Crippen LogP contribution in [0, 0.1) is 5.82 Å². The van der Waals surface area contributed by atoms with Crippen molar-refractivity contribution in [1.29, 1.82) is 0 Å². The monoisotopic (exact) mass is 210 g/mol. The second-order valence-electron chi connectivity index (χ2n) is 4.13. The molecule has 0 spiro atoms. The van der Waals surface area contributed by atoms with Crippen molar-refractivity contribution in [3.63, 3.8) is 0 Å². The zero-order valence-electron chi connectivity index (χ0n) is 9.46. The summed E-state index contributed by atoms with van der Waals surface area (Å²) in [4.78, 5) is 0. The van der Waals surface area contributed by atoms with Gasteiger partial charge >= 0.3 is 0 Å². The lowest BCUT2D eigenvalue weighted by molar-refractivity contribution is 0.0270. The molecule has 1 aromatic rings. The Labute approximate surface area is 90.9 Å². The van der Waals surface area contributed by atoms with Crippen molar-refractivity contribution < 1.29 is 9.50 Å². The lowest BCUT2D eigenvalue weighted by Crippen LogP contribution is -2.30. The predicted molar refractivity (Wildman–Crippen MR) is 60.3 cm³/mol. The van der Waals surface area contributed by atoms with E-state index in [9.17, 15) is 9.50 Å². The Morgan fingerprint density at radius 3 is 2.60 bits per heavy atom. The Morgan fingerprint density at radius 2 is 2.07 bits per heavy atom. The number of aliphatic hydroxyl groups is 1. The van der Waals surface area contributed by atoms with Gasteiger partial charge in [-0.15, -0.1) is 0 Å². The van der Waals surface area contributed by atoms with Crippen LogP contribution in [-0.2, 0) is 6.42 Å². The van der Waals surface area contributed by atoms with E-state index in [0.717, 1.165) is 18.4 Å². The topological polar surface area (TPSA) is 20.2 Å². The van der Waals surface area contributed by atoms with E-state index in [2.05, 4.69) is 0 Å². The Balaban J connectivity index is 2.74. The van der Waals surface area contributed by atoms with E-state index in [1.807, 2.05) is 19.9 Å². The lowest BCUT2D eigenvalue weighted by atomic mass is 9.88. The van der Waals surface area contributed by atoms with Gasteiger partial charge in [0.2, 0.25) is 0 Å². The standard InChI is InChI=1S/C13H19FO/c1-3-8-13(15,4-2)10-11-6-5-7-12(14)9-11/h5-7,9,15H,3-4,8,10H2,1-2H3. The van der Waals surface area contributed by atoms with Crippen molar-refractivity contribution in [3.8, 4) is 0 Å². The van der Waals surface area contributed by atoms with Crippen LogP contribution in [0.1, 0.15) is 38.7 Å². The quantitative estimate of drug-likeness (QED) is 0.790. The summed E-state index contributed by atoms with van der Waals surface area (Å²) in [5, 5.41) is 10.2. The van der Waals surface area contributed by atoms with E-state index < -0.39 is 5.60 Å².